The van der Waals surface area contributed by atoms with Crippen LogP contribution in [0.4, 0.5) is 0 Å². The minimum atomic E-state index is -0.503. The van der Waals surface area contributed by atoms with Crippen LogP contribution < -0.4 is 15.4 Å². The van der Waals surface area contributed by atoms with E-state index in [1.807, 2.05) is 30.3 Å². The van der Waals surface area contributed by atoms with E-state index >= 15 is 0 Å². The molecule has 0 aliphatic carbocycles. The van der Waals surface area contributed by atoms with E-state index in [-0.39, 0.29) is 24.5 Å². The number of benzene rings is 1. The SMILES string of the molecule is O=C(COc1ccccc1)NC1C(=O)NC1CCc1ccco1. The summed E-state index contributed by atoms with van der Waals surface area (Å²) in [6.45, 7) is -0.112. The number of β-lactam (4-membered cyclic amide) rings is 1. The molecule has 1 aliphatic heterocycles. The van der Waals surface area contributed by atoms with Crippen LogP contribution in [-0.2, 0) is 16.0 Å². The smallest absolute Gasteiger partial charge is 0.258 e. The highest BCUT2D eigenvalue weighted by Gasteiger charge is 2.39. The number of amides is 2. The Kier molecular flexibility index (Phi) is 4.61. The maximum Gasteiger partial charge on any atom is 0.258 e. The van der Waals surface area contributed by atoms with Gasteiger partial charge in [-0.1, -0.05) is 18.2 Å². The van der Waals surface area contributed by atoms with Gasteiger partial charge in [0.05, 0.1) is 12.3 Å². The number of ether oxygens (including phenoxy) is 1. The Balaban J connectivity index is 1.44. The predicted octanol–water partition coefficient (Wildman–Crippen LogP) is 1.27. The third-order valence-corrected chi connectivity index (χ3v) is 3.72. The summed E-state index contributed by atoms with van der Waals surface area (Å²) in [6, 6.07) is 12.2. The molecule has 1 aliphatic rings. The van der Waals surface area contributed by atoms with Gasteiger partial charge < -0.3 is 19.8 Å². The van der Waals surface area contributed by atoms with Gasteiger partial charge in [0.2, 0.25) is 5.91 Å². The number of hydrogen-bond donors (Lipinski definition) is 2. The Bertz CT molecular complexity index is 654. The van der Waals surface area contributed by atoms with Crippen LogP contribution in [-0.4, -0.2) is 30.5 Å². The molecule has 1 aromatic carbocycles. The van der Waals surface area contributed by atoms with Gasteiger partial charge in [0.25, 0.3) is 5.91 Å². The van der Waals surface area contributed by atoms with Crippen molar-refractivity contribution in [2.24, 2.45) is 0 Å². The lowest BCUT2D eigenvalue weighted by atomic mass is 9.94. The molecule has 23 heavy (non-hydrogen) atoms. The molecule has 0 bridgehead atoms. The Morgan fingerprint density at radius 2 is 2.04 bits per heavy atom. The van der Waals surface area contributed by atoms with Gasteiger partial charge in [0.1, 0.15) is 17.6 Å². The van der Waals surface area contributed by atoms with Crippen LogP contribution in [0, 0.1) is 0 Å². The molecule has 0 saturated carbocycles. The second-order valence-electron chi connectivity index (χ2n) is 5.38. The fraction of sp³-hybridized carbons (Fsp3) is 0.294. The van der Waals surface area contributed by atoms with Crippen molar-refractivity contribution in [2.45, 2.75) is 24.9 Å². The number of hydrogen-bond acceptors (Lipinski definition) is 4. The summed E-state index contributed by atoms with van der Waals surface area (Å²) in [5, 5.41) is 5.51. The van der Waals surface area contributed by atoms with E-state index < -0.39 is 6.04 Å². The zero-order chi connectivity index (χ0) is 16.1. The fourth-order valence-electron chi connectivity index (χ4n) is 2.48. The van der Waals surface area contributed by atoms with E-state index in [4.69, 9.17) is 9.15 Å². The number of carbonyl (C=O) groups excluding carboxylic acids is 2. The third-order valence-electron chi connectivity index (χ3n) is 3.72. The first-order chi connectivity index (χ1) is 11.2. The summed E-state index contributed by atoms with van der Waals surface area (Å²) in [5.41, 5.74) is 0. The molecule has 1 fully saturated rings. The minimum absolute atomic E-state index is 0.0757. The van der Waals surface area contributed by atoms with E-state index in [2.05, 4.69) is 10.6 Å². The van der Waals surface area contributed by atoms with E-state index in [0.29, 0.717) is 18.6 Å². The van der Waals surface area contributed by atoms with Crippen molar-refractivity contribution in [3.63, 3.8) is 0 Å². The molecule has 2 heterocycles. The average Bonchev–Trinajstić information content (AvgIpc) is 3.09. The zero-order valence-corrected chi connectivity index (χ0v) is 12.5. The number of rotatable bonds is 7. The third kappa shape index (κ3) is 3.91. The maximum atomic E-state index is 11.9. The summed E-state index contributed by atoms with van der Waals surface area (Å²) in [5.74, 6) is 1.01. The first-order valence-corrected chi connectivity index (χ1v) is 7.52. The minimum Gasteiger partial charge on any atom is -0.484 e. The van der Waals surface area contributed by atoms with Crippen LogP contribution in [0.1, 0.15) is 12.2 Å². The van der Waals surface area contributed by atoms with E-state index in [1.54, 1.807) is 18.4 Å². The van der Waals surface area contributed by atoms with Crippen molar-refractivity contribution >= 4 is 11.8 Å². The number of para-hydroxylation sites is 1. The molecule has 2 N–H and O–H groups in total. The molecule has 2 atom stereocenters. The summed E-state index contributed by atoms with van der Waals surface area (Å²) in [7, 11) is 0. The normalized spacial score (nSPS) is 19.6. The molecule has 2 unspecified atom stereocenters. The standard InChI is InChI=1S/C17H18N2O4/c20-15(11-23-12-5-2-1-3-6-12)19-16-14(18-17(16)21)9-8-13-7-4-10-22-13/h1-7,10,14,16H,8-9,11H2,(H,18,21)(H,19,20). The summed E-state index contributed by atoms with van der Waals surface area (Å²) in [4.78, 5) is 23.5. The van der Waals surface area contributed by atoms with Gasteiger partial charge in [-0.3, -0.25) is 9.59 Å². The largest absolute Gasteiger partial charge is 0.484 e. The van der Waals surface area contributed by atoms with Gasteiger partial charge in [-0.2, -0.15) is 0 Å². The molecule has 3 rings (SSSR count). The van der Waals surface area contributed by atoms with Crippen molar-refractivity contribution in [2.75, 3.05) is 6.61 Å². The topological polar surface area (TPSA) is 80.6 Å². The molecular formula is C17H18N2O4. The quantitative estimate of drug-likeness (QED) is 0.754. The Hall–Kier alpha value is -2.76. The van der Waals surface area contributed by atoms with Crippen molar-refractivity contribution in [3.8, 4) is 5.75 Å². The molecule has 0 radical (unpaired) electrons. The Morgan fingerprint density at radius 3 is 2.74 bits per heavy atom. The average molecular weight is 314 g/mol. The van der Waals surface area contributed by atoms with Gasteiger partial charge in [0, 0.05) is 6.42 Å². The molecule has 1 aromatic heterocycles. The lowest BCUT2D eigenvalue weighted by Crippen LogP contribution is -2.69. The van der Waals surface area contributed by atoms with Gasteiger partial charge in [-0.25, -0.2) is 0 Å². The molecule has 2 aromatic rings. The number of aryl methyl sites for hydroxylation is 1. The van der Waals surface area contributed by atoms with Gasteiger partial charge in [0.15, 0.2) is 6.61 Å². The lowest BCUT2D eigenvalue weighted by molar-refractivity contribution is -0.137. The van der Waals surface area contributed by atoms with Crippen LogP contribution in [0.15, 0.2) is 53.1 Å². The molecule has 120 valence electrons. The van der Waals surface area contributed by atoms with Crippen LogP contribution in [0.2, 0.25) is 0 Å². The number of carbonyl (C=O) groups is 2. The number of nitrogens with one attached hydrogen (secondary N) is 2. The van der Waals surface area contributed by atoms with Gasteiger partial charge >= 0.3 is 0 Å². The maximum absolute atomic E-state index is 11.9. The predicted molar refractivity (Wildman–Crippen MR) is 82.8 cm³/mol. The van der Waals surface area contributed by atoms with Crippen LogP contribution in [0.5, 0.6) is 5.75 Å². The second-order valence-corrected chi connectivity index (χ2v) is 5.38. The summed E-state index contributed by atoms with van der Waals surface area (Å²) < 4.78 is 10.6. The monoisotopic (exact) mass is 314 g/mol. The van der Waals surface area contributed by atoms with Crippen molar-refractivity contribution in [1.29, 1.82) is 0 Å². The van der Waals surface area contributed by atoms with Crippen molar-refractivity contribution in [3.05, 3.63) is 54.5 Å². The first kappa shape index (κ1) is 15.1. The van der Waals surface area contributed by atoms with Gasteiger partial charge in [-0.05, 0) is 30.7 Å². The fourth-order valence-corrected chi connectivity index (χ4v) is 2.48. The molecule has 6 nitrogen and oxygen atoms in total. The van der Waals surface area contributed by atoms with Gasteiger partial charge in [-0.15, -0.1) is 0 Å². The van der Waals surface area contributed by atoms with Crippen LogP contribution in [0.3, 0.4) is 0 Å². The van der Waals surface area contributed by atoms with E-state index in [0.717, 1.165) is 5.76 Å². The highest BCUT2D eigenvalue weighted by Crippen LogP contribution is 2.14. The van der Waals surface area contributed by atoms with Crippen LogP contribution >= 0.6 is 0 Å². The van der Waals surface area contributed by atoms with Crippen LogP contribution in [0.25, 0.3) is 0 Å². The molecule has 0 spiro atoms. The molecule has 6 heteroatoms. The first-order valence-electron chi connectivity index (χ1n) is 7.52. The van der Waals surface area contributed by atoms with E-state index in [9.17, 15) is 9.59 Å². The molecular weight excluding hydrogens is 296 g/mol. The number of furan rings is 1. The lowest BCUT2D eigenvalue weighted by Gasteiger charge is -2.37. The highest BCUT2D eigenvalue weighted by atomic mass is 16.5. The Labute approximate surface area is 133 Å². The summed E-state index contributed by atoms with van der Waals surface area (Å²) in [6.07, 6.45) is 3.05. The van der Waals surface area contributed by atoms with Crippen molar-refractivity contribution < 1.29 is 18.7 Å². The molecule has 2 amide bonds. The van der Waals surface area contributed by atoms with E-state index in [1.165, 1.54) is 0 Å². The zero-order valence-electron chi connectivity index (χ0n) is 12.5. The Morgan fingerprint density at radius 1 is 1.22 bits per heavy atom. The second kappa shape index (κ2) is 7.00. The highest BCUT2D eigenvalue weighted by molar-refractivity contribution is 5.93. The molecule has 1 saturated heterocycles. The summed E-state index contributed by atoms with van der Waals surface area (Å²) >= 11 is 0. The van der Waals surface area contributed by atoms with Crippen molar-refractivity contribution in [1.82, 2.24) is 10.6 Å².